The molecule has 88 valence electrons. The van der Waals surface area contributed by atoms with Crippen LogP contribution in [0.4, 0.5) is 0 Å². The van der Waals surface area contributed by atoms with Crippen LogP contribution in [-0.2, 0) is 4.74 Å². The standard InChI is InChI=1S/C10H19NO4/c1-2-15-7-3-4-11-5-6(12)9(13)8(11)10(7)14/h6-10,12-14H,2-5H2,1H3/t6-,7-,8+,9-,10-/m1/s1. The highest BCUT2D eigenvalue weighted by molar-refractivity contribution is 5.02. The second-order valence-corrected chi connectivity index (χ2v) is 4.32. The van der Waals surface area contributed by atoms with Gasteiger partial charge >= 0.3 is 0 Å². The second-order valence-electron chi connectivity index (χ2n) is 4.32. The summed E-state index contributed by atoms with van der Waals surface area (Å²) >= 11 is 0. The van der Waals surface area contributed by atoms with E-state index in [9.17, 15) is 15.3 Å². The van der Waals surface area contributed by atoms with Crippen molar-refractivity contribution in [1.82, 2.24) is 4.90 Å². The van der Waals surface area contributed by atoms with Crippen molar-refractivity contribution in [2.75, 3.05) is 19.7 Å². The molecule has 0 aromatic carbocycles. The second kappa shape index (κ2) is 4.35. The predicted molar refractivity (Wildman–Crippen MR) is 53.4 cm³/mol. The summed E-state index contributed by atoms with van der Waals surface area (Å²) in [5.74, 6) is 0. The Hall–Kier alpha value is -0.200. The monoisotopic (exact) mass is 217 g/mol. The molecule has 0 amide bonds. The molecule has 2 aliphatic rings. The number of hydrogen-bond acceptors (Lipinski definition) is 5. The van der Waals surface area contributed by atoms with Gasteiger partial charge in [-0.2, -0.15) is 0 Å². The van der Waals surface area contributed by atoms with E-state index in [4.69, 9.17) is 4.74 Å². The van der Waals surface area contributed by atoms with Crippen LogP contribution in [-0.4, -0.2) is 70.4 Å². The van der Waals surface area contributed by atoms with E-state index >= 15 is 0 Å². The number of rotatable bonds is 2. The van der Waals surface area contributed by atoms with Crippen LogP contribution in [0.15, 0.2) is 0 Å². The number of fused-ring (bicyclic) bond motifs is 1. The first-order valence-electron chi connectivity index (χ1n) is 5.55. The zero-order chi connectivity index (χ0) is 11.0. The van der Waals surface area contributed by atoms with Gasteiger partial charge in [-0.3, -0.25) is 4.90 Å². The first-order valence-corrected chi connectivity index (χ1v) is 5.55. The summed E-state index contributed by atoms with van der Waals surface area (Å²) in [6, 6.07) is -0.370. The normalized spacial score (nSPS) is 46.8. The minimum Gasteiger partial charge on any atom is -0.389 e. The fourth-order valence-electron chi connectivity index (χ4n) is 2.65. The van der Waals surface area contributed by atoms with Crippen molar-refractivity contribution in [3.05, 3.63) is 0 Å². The molecule has 2 saturated heterocycles. The molecule has 15 heavy (non-hydrogen) atoms. The number of aliphatic hydroxyl groups excluding tert-OH is 3. The van der Waals surface area contributed by atoms with Crippen LogP contribution in [0.25, 0.3) is 0 Å². The average molecular weight is 217 g/mol. The van der Waals surface area contributed by atoms with Crippen LogP contribution in [0.1, 0.15) is 13.3 Å². The van der Waals surface area contributed by atoms with Gasteiger partial charge in [-0.15, -0.1) is 0 Å². The highest BCUT2D eigenvalue weighted by Gasteiger charge is 2.48. The highest BCUT2D eigenvalue weighted by atomic mass is 16.5. The summed E-state index contributed by atoms with van der Waals surface area (Å²) in [6.45, 7) is 3.66. The highest BCUT2D eigenvalue weighted by Crippen LogP contribution is 2.29. The van der Waals surface area contributed by atoms with Gasteiger partial charge in [0.25, 0.3) is 0 Å². The van der Waals surface area contributed by atoms with E-state index in [1.807, 2.05) is 11.8 Å². The Balaban J connectivity index is 2.06. The van der Waals surface area contributed by atoms with Gasteiger partial charge in [-0.05, 0) is 13.3 Å². The minimum absolute atomic E-state index is 0.212. The van der Waals surface area contributed by atoms with E-state index in [0.717, 1.165) is 13.0 Å². The van der Waals surface area contributed by atoms with Gasteiger partial charge in [-0.1, -0.05) is 0 Å². The van der Waals surface area contributed by atoms with Gasteiger partial charge in [0.1, 0.15) is 0 Å². The number of ether oxygens (including phenoxy) is 1. The molecule has 5 heteroatoms. The summed E-state index contributed by atoms with van der Waals surface area (Å²) in [5.41, 5.74) is 0. The van der Waals surface area contributed by atoms with Crippen molar-refractivity contribution in [3.8, 4) is 0 Å². The van der Waals surface area contributed by atoms with E-state index in [2.05, 4.69) is 0 Å². The van der Waals surface area contributed by atoms with E-state index in [1.54, 1.807) is 0 Å². The van der Waals surface area contributed by atoms with Crippen molar-refractivity contribution in [1.29, 1.82) is 0 Å². The van der Waals surface area contributed by atoms with Crippen molar-refractivity contribution in [2.45, 2.75) is 43.8 Å². The van der Waals surface area contributed by atoms with E-state index in [0.29, 0.717) is 13.2 Å². The average Bonchev–Trinajstić information content (AvgIpc) is 2.49. The number of aliphatic hydroxyl groups is 3. The Labute approximate surface area is 89.3 Å². The molecule has 0 aromatic rings. The topological polar surface area (TPSA) is 73.2 Å². The first kappa shape index (κ1) is 11.3. The third-order valence-corrected chi connectivity index (χ3v) is 3.40. The van der Waals surface area contributed by atoms with Gasteiger partial charge in [0.15, 0.2) is 0 Å². The van der Waals surface area contributed by atoms with Crippen LogP contribution in [0.5, 0.6) is 0 Å². The van der Waals surface area contributed by atoms with Gasteiger partial charge in [0.05, 0.1) is 30.5 Å². The molecule has 0 aromatic heterocycles. The lowest BCUT2D eigenvalue weighted by atomic mass is 9.94. The lowest BCUT2D eigenvalue weighted by molar-refractivity contribution is -0.114. The number of hydrogen-bond donors (Lipinski definition) is 3. The molecule has 0 radical (unpaired) electrons. The smallest absolute Gasteiger partial charge is 0.0992 e. The van der Waals surface area contributed by atoms with E-state index < -0.39 is 18.3 Å². The van der Waals surface area contributed by atoms with E-state index in [-0.39, 0.29) is 12.1 Å². The molecule has 2 aliphatic heterocycles. The van der Waals surface area contributed by atoms with Gasteiger partial charge in [0, 0.05) is 19.7 Å². The SMILES string of the molecule is CCO[C@@H]1CCN2C[C@@H](O)[C@@H](O)[C@H]2[C@@H]1O. The summed E-state index contributed by atoms with van der Waals surface area (Å²) in [5, 5.41) is 29.3. The summed E-state index contributed by atoms with van der Waals surface area (Å²) in [7, 11) is 0. The zero-order valence-electron chi connectivity index (χ0n) is 8.91. The van der Waals surface area contributed by atoms with Crippen molar-refractivity contribution >= 4 is 0 Å². The number of nitrogens with zero attached hydrogens (tertiary/aromatic N) is 1. The maximum atomic E-state index is 10.0. The lowest BCUT2D eigenvalue weighted by Crippen LogP contribution is -2.56. The fourth-order valence-corrected chi connectivity index (χ4v) is 2.65. The predicted octanol–water partition coefficient (Wildman–Crippen LogP) is -1.44. The third-order valence-electron chi connectivity index (χ3n) is 3.40. The van der Waals surface area contributed by atoms with Crippen LogP contribution in [0.3, 0.4) is 0 Å². The molecular formula is C10H19NO4. The maximum Gasteiger partial charge on any atom is 0.0992 e. The van der Waals surface area contributed by atoms with Crippen molar-refractivity contribution < 1.29 is 20.1 Å². The number of piperidine rings is 1. The van der Waals surface area contributed by atoms with Gasteiger partial charge < -0.3 is 20.1 Å². The van der Waals surface area contributed by atoms with Gasteiger partial charge in [-0.25, -0.2) is 0 Å². The van der Waals surface area contributed by atoms with Crippen molar-refractivity contribution in [2.24, 2.45) is 0 Å². The molecule has 0 saturated carbocycles. The van der Waals surface area contributed by atoms with Crippen molar-refractivity contribution in [3.63, 3.8) is 0 Å². The zero-order valence-corrected chi connectivity index (χ0v) is 8.91. The van der Waals surface area contributed by atoms with Crippen LogP contribution < -0.4 is 0 Å². The molecule has 3 N–H and O–H groups in total. The van der Waals surface area contributed by atoms with Crippen LogP contribution in [0.2, 0.25) is 0 Å². The largest absolute Gasteiger partial charge is 0.389 e. The Morgan fingerprint density at radius 2 is 2.00 bits per heavy atom. The molecule has 2 fully saturated rings. The first-order chi connectivity index (χ1) is 7.15. The minimum atomic E-state index is -0.858. The Morgan fingerprint density at radius 1 is 1.27 bits per heavy atom. The molecule has 2 rings (SSSR count). The van der Waals surface area contributed by atoms with Crippen LogP contribution >= 0.6 is 0 Å². The molecule has 0 bridgehead atoms. The van der Waals surface area contributed by atoms with E-state index in [1.165, 1.54) is 0 Å². The molecular weight excluding hydrogens is 198 g/mol. The van der Waals surface area contributed by atoms with Crippen LogP contribution in [0, 0.1) is 0 Å². The Bertz CT molecular complexity index is 225. The van der Waals surface area contributed by atoms with Gasteiger partial charge in [0.2, 0.25) is 0 Å². The molecule has 5 nitrogen and oxygen atoms in total. The summed E-state index contributed by atoms with van der Waals surface area (Å²) < 4.78 is 5.42. The third kappa shape index (κ3) is 1.90. The molecule has 5 atom stereocenters. The Morgan fingerprint density at radius 3 is 2.67 bits per heavy atom. The maximum absolute atomic E-state index is 10.0. The summed E-state index contributed by atoms with van der Waals surface area (Å²) in [4.78, 5) is 1.94. The molecule has 0 unspecified atom stereocenters. The lowest BCUT2D eigenvalue weighted by Gasteiger charge is -2.39. The summed E-state index contributed by atoms with van der Waals surface area (Å²) in [6.07, 6.45) is -1.76. The quantitative estimate of drug-likeness (QED) is 0.528. The molecule has 0 spiro atoms. The molecule has 0 aliphatic carbocycles. The molecule has 2 heterocycles. The fraction of sp³-hybridized carbons (Fsp3) is 1.00. The Kier molecular flexibility index (Phi) is 3.27.